The third-order valence-corrected chi connectivity index (χ3v) is 1.41. The van der Waals surface area contributed by atoms with Crippen molar-refractivity contribution in [2.24, 2.45) is 0 Å². The van der Waals surface area contributed by atoms with Crippen molar-refractivity contribution in [2.75, 3.05) is 11.5 Å². The molecule has 0 unspecified atom stereocenters. The van der Waals surface area contributed by atoms with Crippen molar-refractivity contribution in [3.63, 3.8) is 0 Å². The summed E-state index contributed by atoms with van der Waals surface area (Å²) >= 11 is 1.82. The summed E-state index contributed by atoms with van der Waals surface area (Å²) in [6.07, 6.45) is 3.79. The molecule has 4 heteroatoms. The van der Waals surface area contributed by atoms with Crippen LogP contribution < -0.4 is 0 Å². The highest BCUT2D eigenvalue weighted by Crippen LogP contribution is 1.97. The van der Waals surface area contributed by atoms with Crippen LogP contribution in [0.4, 0.5) is 14.1 Å². The molecule has 0 radical (unpaired) electrons. The van der Waals surface area contributed by atoms with Crippen LogP contribution in [-0.2, 0) is 0 Å². The third-order valence-electron chi connectivity index (χ3n) is 0.471. The molecule has 0 saturated carbocycles. The minimum Gasteiger partial charge on any atom is -0.269 e. The van der Waals surface area contributed by atoms with Crippen LogP contribution in [0, 0.1) is 0 Å². The average Bonchev–Trinajstić information content (AvgIpc) is 1.69. The number of halogens is 3. The molecule has 0 aliphatic heterocycles. The second-order valence-electron chi connectivity index (χ2n) is 1.11. The van der Waals surface area contributed by atoms with E-state index in [0.717, 1.165) is 11.5 Å². The summed E-state index contributed by atoms with van der Waals surface area (Å²) in [7, 11) is 0. The molecule has 10 heavy (non-hydrogen) atoms. The molecule has 0 N–H and O–H groups in total. The Morgan fingerprint density at radius 2 is 1.20 bits per heavy atom. The molecule has 0 heterocycles. The molecule has 0 rings (SSSR count). The van der Waals surface area contributed by atoms with Gasteiger partial charge in [-0.3, -0.25) is 14.1 Å². The molecule has 64 valence electrons. The molecule has 0 spiro atoms. The van der Waals surface area contributed by atoms with Gasteiger partial charge >= 0.3 is 0 Å². The Balaban J connectivity index is -0.0000000600. The zero-order valence-electron chi connectivity index (χ0n) is 5.62. The zero-order chi connectivity index (χ0) is 5.54. The maximum atomic E-state index is 3.58. The molecule has 0 amide bonds. The Hall–Kier alpha value is -0.380. The zero-order valence-corrected chi connectivity index (χ0v) is 6.43. The van der Waals surface area contributed by atoms with E-state index in [1.807, 2.05) is 23.9 Å². The highest BCUT2D eigenvalue weighted by Gasteiger charge is 1.73. The topological polar surface area (TPSA) is 0 Å². The van der Waals surface area contributed by atoms with Gasteiger partial charge in [-0.05, 0) is 0 Å². The first kappa shape index (κ1) is 22.6. The number of hydrogen-bond donors (Lipinski definition) is 0. The minimum atomic E-state index is 0. The fourth-order valence-electron chi connectivity index (χ4n) is 0.235. The highest BCUT2D eigenvalue weighted by atomic mass is 32.2. The van der Waals surface area contributed by atoms with Crippen molar-refractivity contribution in [2.45, 2.75) is 0 Å². The van der Waals surface area contributed by atoms with Gasteiger partial charge in [-0.1, -0.05) is 12.2 Å². The van der Waals surface area contributed by atoms with Crippen molar-refractivity contribution < 1.29 is 14.1 Å². The first-order valence-electron chi connectivity index (χ1n) is 2.21. The van der Waals surface area contributed by atoms with Crippen LogP contribution in [0.5, 0.6) is 0 Å². The molecule has 0 aromatic rings. The van der Waals surface area contributed by atoms with E-state index in [-0.39, 0.29) is 14.1 Å². The second-order valence-corrected chi connectivity index (χ2v) is 2.19. The summed E-state index contributed by atoms with van der Waals surface area (Å²) in [6, 6.07) is 0. The van der Waals surface area contributed by atoms with E-state index in [1.165, 1.54) is 0 Å². The van der Waals surface area contributed by atoms with Crippen LogP contribution in [-0.4, -0.2) is 11.5 Å². The standard InChI is InChI=1S/C6H10S.3FH/c1-3-5-7-6-4-2;;;/h3-4H,1-2,5-6H2;3*1H. The monoisotopic (exact) mass is 174 g/mol. The lowest BCUT2D eigenvalue weighted by Crippen LogP contribution is -1.69. The highest BCUT2D eigenvalue weighted by molar-refractivity contribution is 7.99. The van der Waals surface area contributed by atoms with Gasteiger partial charge in [0.05, 0.1) is 0 Å². The average molecular weight is 174 g/mol. The Kier molecular flexibility index (Phi) is 53.1. The van der Waals surface area contributed by atoms with Crippen molar-refractivity contribution in [3.8, 4) is 0 Å². The van der Waals surface area contributed by atoms with Gasteiger partial charge in [0.1, 0.15) is 0 Å². The van der Waals surface area contributed by atoms with Crippen molar-refractivity contribution in [1.29, 1.82) is 0 Å². The molecule has 0 saturated heterocycles. The molecule has 0 nitrogen and oxygen atoms in total. The molecule has 0 aliphatic carbocycles. The van der Waals surface area contributed by atoms with Crippen molar-refractivity contribution in [1.82, 2.24) is 0 Å². The maximum Gasteiger partial charge on any atom is 0.0113 e. The predicted molar refractivity (Wildman–Crippen MR) is 45.2 cm³/mol. The summed E-state index contributed by atoms with van der Waals surface area (Å²) in [5.74, 6) is 2.07. The Labute approximate surface area is 63.5 Å². The molecule has 0 aliphatic rings. The fraction of sp³-hybridized carbons (Fsp3) is 0.333. The largest absolute Gasteiger partial charge is 0.269 e. The SMILES string of the molecule is C=CCSCC=C.F.F.F. The van der Waals surface area contributed by atoms with Crippen LogP contribution in [0.3, 0.4) is 0 Å². The van der Waals surface area contributed by atoms with E-state index >= 15 is 0 Å². The molecule has 0 aromatic heterocycles. The van der Waals surface area contributed by atoms with Gasteiger partial charge in [0, 0.05) is 11.5 Å². The van der Waals surface area contributed by atoms with Crippen molar-refractivity contribution >= 4 is 11.8 Å². The molecule has 0 bridgehead atoms. The fourth-order valence-corrected chi connectivity index (χ4v) is 0.704. The lowest BCUT2D eigenvalue weighted by Gasteiger charge is -1.85. The van der Waals surface area contributed by atoms with E-state index in [1.54, 1.807) is 0 Å². The van der Waals surface area contributed by atoms with E-state index in [4.69, 9.17) is 0 Å². The van der Waals surface area contributed by atoms with E-state index < -0.39 is 0 Å². The molecule has 0 aromatic carbocycles. The normalized spacial score (nSPS) is 5.60. The van der Waals surface area contributed by atoms with E-state index in [9.17, 15) is 0 Å². The number of rotatable bonds is 4. The second kappa shape index (κ2) is 23.4. The van der Waals surface area contributed by atoms with Gasteiger partial charge < -0.3 is 0 Å². The minimum absolute atomic E-state index is 0. The lowest BCUT2D eigenvalue weighted by atomic mass is 10.8. The summed E-state index contributed by atoms with van der Waals surface area (Å²) in [5.41, 5.74) is 0. The third kappa shape index (κ3) is 25.5. The number of thioether (sulfide) groups is 1. The summed E-state index contributed by atoms with van der Waals surface area (Å²) in [6.45, 7) is 7.15. The number of hydrogen-bond acceptors (Lipinski definition) is 1. The van der Waals surface area contributed by atoms with Gasteiger partial charge in [-0.25, -0.2) is 0 Å². The predicted octanol–water partition coefficient (Wildman–Crippen LogP) is 2.55. The molecular weight excluding hydrogens is 161 g/mol. The first-order chi connectivity index (χ1) is 3.41. The van der Waals surface area contributed by atoms with E-state index in [0.29, 0.717) is 0 Å². The molecule has 0 fully saturated rings. The van der Waals surface area contributed by atoms with Gasteiger partial charge in [0.15, 0.2) is 0 Å². The first-order valence-corrected chi connectivity index (χ1v) is 3.37. The molecule has 0 atom stereocenters. The van der Waals surface area contributed by atoms with Crippen LogP contribution >= 0.6 is 11.8 Å². The maximum absolute atomic E-state index is 3.58. The smallest absolute Gasteiger partial charge is 0.0113 e. The quantitative estimate of drug-likeness (QED) is 0.466. The summed E-state index contributed by atoms with van der Waals surface area (Å²) in [5, 5.41) is 0. The summed E-state index contributed by atoms with van der Waals surface area (Å²) in [4.78, 5) is 0. The van der Waals surface area contributed by atoms with E-state index in [2.05, 4.69) is 13.2 Å². The van der Waals surface area contributed by atoms with Crippen LogP contribution in [0.15, 0.2) is 25.3 Å². The summed E-state index contributed by atoms with van der Waals surface area (Å²) < 4.78 is 0. The Morgan fingerprint density at radius 3 is 1.40 bits per heavy atom. The van der Waals surface area contributed by atoms with Gasteiger partial charge in [0.25, 0.3) is 0 Å². The lowest BCUT2D eigenvalue weighted by molar-refractivity contribution is 1.11. The van der Waals surface area contributed by atoms with Crippen molar-refractivity contribution in [3.05, 3.63) is 25.3 Å². The Morgan fingerprint density at radius 1 is 0.900 bits per heavy atom. The Bertz CT molecular complexity index is 58.0. The van der Waals surface area contributed by atoms with Crippen LogP contribution in [0.25, 0.3) is 0 Å². The molecular formula is C6H13F3S. The van der Waals surface area contributed by atoms with Gasteiger partial charge in [-0.2, -0.15) is 11.8 Å². The van der Waals surface area contributed by atoms with Gasteiger partial charge in [-0.15, -0.1) is 13.2 Å². The van der Waals surface area contributed by atoms with Gasteiger partial charge in [0.2, 0.25) is 0 Å². The van der Waals surface area contributed by atoms with Crippen LogP contribution in [0.1, 0.15) is 0 Å². The van der Waals surface area contributed by atoms with Crippen LogP contribution in [0.2, 0.25) is 0 Å².